The summed E-state index contributed by atoms with van der Waals surface area (Å²) in [5.74, 6) is -4.59. The van der Waals surface area contributed by atoms with Crippen molar-refractivity contribution in [3.05, 3.63) is 23.3 Å². The summed E-state index contributed by atoms with van der Waals surface area (Å²) in [6.45, 7) is 3.31. The van der Waals surface area contributed by atoms with Crippen LogP contribution >= 0.6 is 23.3 Å². The van der Waals surface area contributed by atoms with Crippen molar-refractivity contribution in [2.75, 3.05) is 35.6 Å². The summed E-state index contributed by atoms with van der Waals surface area (Å²) < 4.78 is 7.03. The standard InChI is InChI=1S/C25H32N12O8S2/c1-25(2,22(42)43)45-32-13(17-31-23(28)47-33-17)18(38)30-14-19(39)37-15(21(40)41)10(9-46-20(14)37)6-36-8-12(16(27)34(36)3)29-24(44)35-5-4-11(26)7-35/h8,11,14,20,27H,4-7,9,26H2,1-3H3,(H6,28,29,30,31,33,38,40,41,42,43,44)/b32-13+/t11-,14-,20-/m1/s1. The van der Waals surface area contributed by atoms with Gasteiger partial charge in [0.05, 0.1) is 18.7 Å². The Kier molecular flexibility index (Phi) is 9.01. The summed E-state index contributed by atoms with van der Waals surface area (Å²) in [5, 5.41) is 29.8. The number of carbonyl (C=O) groups excluding carboxylic acids is 4. The lowest BCUT2D eigenvalue weighted by Crippen LogP contribution is -2.71. The number of urea groups is 1. The van der Waals surface area contributed by atoms with Gasteiger partial charge in [-0.2, -0.15) is 9.36 Å². The highest BCUT2D eigenvalue weighted by Gasteiger charge is 2.53. The monoisotopic (exact) mass is 692 g/mol. The molecule has 0 saturated carbocycles. The molecule has 2 aromatic rings. The van der Waals surface area contributed by atoms with Crippen LogP contribution in [-0.4, -0.2) is 106 Å². The second-order valence-electron chi connectivity index (χ2n) is 11.4. The van der Waals surface area contributed by atoms with Crippen LogP contribution in [-0.2, 0) is 37.6 Å². The first-order valence-corrected chi connectivity index (χ1v) is 15.9. The van der Waals surface area contributed by atoms with E-state index in [1.54, 1.807) is 22.8 Å². The lowest BCUT2D eigenvalue weighted by atomic mass is 10.0. The molecule has 3 aliphatic heterocycles. The van der Waals surface area contributed by atoms with E-state index in [0.29, 0.717) is 30.8 Å². The van der Waals surface area contributed by atoms with Crippen molar-refractivity contribution in [1.82, 2.24) is 29.2 Å². The van der Waals surface area contributed by atoms with Gasteiger partial charge in [0.15, 0.2) is 23.2 Å². The molecule has 3 atom stereocenters. The lowest BCUT2D eigenvalue weighted by Gasteiger charge is -2.50. The summed E-state index contributed by atoms with van der Waals surface area (Å²) in [6, 6.07) is -1.66. The van der Waals surface area contributed by atoms with Crippen molar-refractivity contribution < 1.29 is 43.7 Å². The fraction of sp³-hybridized carbons (Fsp3) is 0.480. The number of amides is 4. The molecule has 2 aromatic heterocycles. The maximum absolute atomic E-state index is 13.3. The number of likely N-dealkylation sites (tertiary alicyclic amines) is 1. The third-order valence-electron chi connectivity index (χ3n) is 7.67. The fourth-order valence-corrected chi connectivity index (χ4v) is 6.71. The number of thioether (sulfide) groups is 1. The number of oxime groups is 1. The van der Waals surface area contributed by atoms with Gasteiger partial charge in [0, 0.05) is 42.0 Å². The van der Waals surface area contributed by atoms with E-state index in [1.807, 2.05) is 0 Å². The van der Waals surface area contributed by atoms with E-state index < -0.39 is 46.5 Å². The second kappa shape index (κ2) is 12.7. The van der Waals surface area contributed by atoms with Gasteiger partial charge in [-0.3, -0.25) is 19.8 Å². The van der Waals surface area contributed by atoms with Crippen molar-refractivity contribution >= 4 is 75.4 Å². The number of carboxylic acids is 2. The van der Waals surface area contributed by atoms with Gasteiger partial charge in [0.1, 0.15) is 11.4 Å². The zero-order valence-corrected chi connectivity index (χ0v) is 27.0. The molecule has 22 heteroatoms. The third-order valence-corrected chi connectivity index (χ3v) is 9.55. The lowest BCUT2D eigenvalue weighted by molar-refractivity contribution is -0.765. The molecular weight excluding hydrogens is 660 g/mol. The van der Waals surface area contributed by atoms with Gasteiger partial charge in [0.2, 0.25) is 23.3 Å². The molecule has 4 amide bonds. The molecule has 0 aliphatic carbocycles. The minimum atomic E-state index is -1.82. The number of aliphatic carboxylic acids is 2. The van der Waals surface area contributed by atoms with E-state index in [2.05, 4.69) is 25.1 Å². The Balaban J connectivity index is 1.33. The van der Waals surface area contributed by atoms with Gasteiger partial charge in [-0.25, -0.2) is 9.59 Å². The SMILES string of the molecule is Cn1c(N)c(NC(=O)N2CC[C@@H](N)C2)c[n+]1CC1=C(C(=O)[O-])N2C(=O)[C@@H](NC(=O)/C(=N/OC(C)(C)C(=O)O)c3nsc(N)n3)[C@H]2SC1. The van der Waals surface area contributed by atoms with Gasteiger partial charge in [-0.05, 0) is 20.3 Å². The Labute approximate surface area is 274 Å². The smallest absolute Gasteiger partial charge is 0.350 e. The Hall–Kier alpha value is -4.96. The third kappa shape index (κ3) is 6.51. The molecule has 47 heavy (non-hydrogen) atoms. The molecular formula is C25H32N12O8S2. The van der Waals surface area contributed by atoms with E-state index in [4.69, 9.17) is 22.0 Å². The van der Waals surface area contributed by atoms with E-state index in [9.17, 15) is 34.2 Å². The first-order valence-electron chi connectivity index (χ1n) is 14.0. The van der Waals surface area contributed by atoms with E-state index >= 15 is 0 Å². The largest absolute Gasteiger partial charge is 0.543 e. The fourth-order valence-electron chi connectivity index (χ4n) is 4.94. The normalized spacial score (nSPS) is 21.3. The summed E-state index contributed by atoms with van der Waals surface area (Å²) in [7, 11) is 1.63. The molecule has 3 aliphatic rings. The molecule has 0 spiro atoms. The number of carboxylic acid groups (broad SMARTS) is 2. The van der Waals surface area contributed by atoms with Gasteiger partial charge >= 0.3 is 12.0 Å². The molecule has 2 saturated heterocycles. The molecule has 20 nitrogen and oxygen atoms in total. The minimum Gasteiger partial charge on any atom is -0.543 e. The van der Waals surface area contributed by atoms with Crippen molar-refractivity contribution in [2.45, 2.75) is 49.9 Å². The van der Waals surface area contributed by atoms with Crippen LogP contribution in [0.1, 0.15) is 26.1 Å². The maximum atomic E-state index is 13.3. The second-order valence-corrected chi connectivity index (χ2v) is 13.3. The summed E-state index contributed by atoms with van der Waals surface area (Å²) in [4.78, 5) is 74.6. The van der Waals surface area contributed by atoms with Gasteiger partial charge in [-0.1, -0.05) is 5.16 Å². The van der Waals surface area contributed by atoms with Crippen molar-refractivity contribution in [3.63, 3.8) is 0 Å². The average molecular weight is 693 g/mol. The van der Waals surface area contributed by atoms with Crippen molar-refractivity contribution in [1.29, 1.82) is 0 Å². The van der Waals surface area contributed by atoms with Crippen molar-refractivity contribution in [2.24, 2.45) is 17.9 Å². The van der Waals surface area contributed by atoms with Crippen molar-refractivity contribution in [3.8, 4) is 0 Å². The molecule has 0 aromatic carbocycles. The molecule has 9 N–H and O–H groups in total. The van der Waals surface area contributed by atoms with E-state index in [0.717, 1.165) is 16.4 Å². The molecule has 2 fully saturated rings. The summed E-state index contributed by atoms with van der Waals surface area (Å²) in [5.41, 5.74) is 15.7. The Bertz CT molecular complexity index is 1720. The first-order chi connectivity index (χ1) is 22.1. The molecule has 252 valence electrons. The molecule has 0 bridgehead atoms. The van der Waals surface area contributed by atoms with Gasteiger partial charge in [-0.15, -0.1) is 21.1 Å². The number of hydrogen-bond acceptors (Lipinski definition) is 15. The highest BCUT2D eigenvalue weighted by molar-refractivity contribution is 8.00. The quantitative estimate of drug-likeness (QED) is 0.0612. The highest BCUT2D eigenvalue weighted by atomic mass is 32.2. The predicted octanol–water partition coefficient (Wildman–Crippen LogP) is -3.42. The zero-order valence-electron chi connectivity index (χ0n) is 25.3. The molecule has 5 rings (SSSR count). The van der Waals surface area contributed by atoms with Crippen LogP contribution in [0.4, 0.5) is 21.4 Å². The Morgan fingerprint density at radius 3 is 2.62 bits per heavy atom. The first kappa shape index (κ1) is 33.4. The highest BCUT2D eigenvalue weighted by Crippen LogP contribution is 2.40. The Morgan fingerprint density at radius 2 is 2.02 bits per heavy atom. The van der Waals surface area contributed by atoms with E-state index in [1.165, 1.54) is 30.3 Å². The summed E-state index contributed by atoms with van der Waals surface area (Å²) >= 11 is 1.95. The number of β-lactam (4-membered cyclic amide) rings is 1. The number of aromatic nitrogens is 4. The number of carbonyl (C=O) groups is 5. The minimum absolute atomic E-state index is 0.00771. The number of nitrogens with zero attached hydrogens (tertiary/aromatic N) is 7. The number of nitrogen functional groups attached to an aromatic ring is 2. The number of nitrogens with one attached hydrogen (secondary N) is 2. The van der Waals surface area contributed by atoms with E-state index in [-0.39, 0.29) is 46.8 Å². The molecule has 0 radical (unpaired) electrons. The molecule has 5 heterocycles. The maximum Gasteiger partial charge on any atom is 0.350 e. The topological polar surface area (TPSA) is 293 Å². The predicted molar refractivity (Wildman–Crippen MR) is 164 cm³/mol. The van der Waals surface area contributed by atoms with Crippen LogP contribution in [0.5, 0.6) is 0 Å². The summed E-state index contributed by atoms with van der Waals surface area (Å²) in [6.07, 6.45) is 2.23. The zero-order chi connectivity index (χ0) is 34.4. The van der Waals surface area contributed by atoms with Crippen LogP contribution < -0.4 is 37.6 Å². The van der Waals surface area contributed by atoms with Crippen LogP contribution in [0.25, 0.3) is 0 Å². The number of rotatable bonds is 10. The average Bonchev–Trinajstić information content (AvgIpc) is 3.71. The van der Waals surface area contributed by atoms with Gasteiger partial charge in [0.25, 0.3) is 11.8 Å². The van der Waals surface area contributed by atoms with Crippen LogP contribution in [0, 0.1) is 0 Å². The molecule has 0 unspecified atom stereocenters. The van der Waals surface area contributed by atoms with Crippen LogP contribution in [0.15, 0.2) is 22.6 Å². The number of nitrogens with two attached hydrogens (primary N) is 3. The van der Waals surface area contributed by atoms with Crippen LogP contribution in [0.2, 0.25) is 0 Å². The number of hydrogen-bond donors (Lipinski definition) is 6. The van der Waals surface area contributed by atoms with Gasteiger partial charge < -0.3 is 47.3 Å². The van der Waals surface area contributed by atoms with Crippen LogP contribution in [0.3, 0.4) is 0 Å². The number of anilines is 3. The number of fused-ring (bicyclic) bond motifs is 1. The Morgan fingerprint density at radius 1 is 1.30 bits per heavy atom.